The summed E-state index contributed by atoms with van der Waals surface area (Å²) in [5, 5.41) is 2.00. The molecular weight excluding hydrogens is 359 g/mol. The zero-order chi connectivity index (χ0) is 18.1. The molecule has 0 aromatic rings. The molecule has 1 N–H and O–H groups in total. The number of hydrogen-bond donors (Lipinski definition) is 1. The SMILES string of the molecule is FC1(F)C(F)(F)C(F)(F)C(F)(C2CNCCO2)C(F)(F)C1(F)F. The van der Waals surface area contributed by atoms with Crippen molar-refractivity contribution in [3.63, 3.8) is 0 Å². The van der Waals surface area contributed by atoms with Crippen LogP contribution in [0.5, 0.6) is 0 Å². The molecule has 1 aliphatic carbocycles. The van der Waals surface area contributed by atoms with E-state index in [-0.39, 0.29) is 6.54 Å². The Bertz CT molecular complexity index is 455. The van der Waals surface area contributed by atoms with Gasteiger partial charge in [-0.15, -0.1) is 0 Å². The highest BCUT2D eigenvalue weighted by Gasteiger charge is 3.02. The molecule has 2 rings (SSSR count). The molecule has 1 heterocycles. The second-order valence-electron chi connectivity index (χ2n) is 5.15. The van der Waals surface area contributed by atoms with Crippen LogP contribution in [0, 0.1) is 0 Å². The van der Waals surface area contributed by atoms with Gasteiger partial charge in [-0.2, -0.15) is 43.9 Å². The molecule has 23 heavy (non-hydrogen) atoms. The van der Waals surface area contributed by atoms with Gasteiger partial charge in [0.05, 0.1) is 6.61 Å². The molecule has 2 nitrogen and oxygen atoms in total. The number of nitrogens with one attached hydrogen (secondary N) is 1. The molecule has 0 bridgehead atoms. The molecule has 136 valence electrons. The molecule has 0 spiro atoms. The zero-order valence-corrected chi connectivity index (χ0v) is 10.8. The van der Waals surface area contributed by atoms with Crippen LogP contribution in [0.25, 0.3) is 0 Å². The summed E-state index contributed by atoms with van der Waals surface area (Å²) in [4.78, 5) is 0. The van der Waals surface area contributed by atoms with Gasteiger partial charge in [0.2, 0.25) is 0 Å². The van der Waals surface area contributed by atoms with Crippen LogP contribution in [0.4, 0.5) is 48.3 Å². The molecule has 13 heteroatoms. The summed E-state index contributed by atoms with van der Waals surface area (Å²) in [6, 6.07) is 0. The van der Waals surface area contributed by atoms with E-state index in [2.05, 4.69) is 4.74 Å². The molecular formula is C10H8F11NO. The number of halogens is 11. The maximum Gasteiger partial charge on any atom is 0.384 e. The highest BCUT2D eigenvalue weighted by atomic mass is 19.4. The van der Waals surface area contributed by atoms with E-state index in [1.165, 1.54) is 0 Å². The fourth-order valence-electron chi connectivity index (χ4n) is 2.47. The van der Waals surface area contributed by atoms with Gasteiger partial charge in [-0.1, -0.05) is 0 Å². The van der Waals surface area contributed by atoms with Crippen molar-refractivity contribution < 1.29 is 53.0 Å². The van der Waals surface area contributed by atoms with Crippen LogP contribution < -0.4 is 5.32 Å². The predicted octanol–water partition coefficient (Wildman–Crippen LogP) is 2.87. The van der Waals surface area contributed by atoms with Gasteiger partial charge >= 0.3 is 29.6 Å². The second-order valence-corrected chi connectivity index (χ2v) is 5.15. The first-order valence-corrected chi connectivity index (χ1v) is 6.01. The zero-order valence-electron chi connectivity index (χ0n) is 10.8. The third kappa shape index (κ3) is 1.72. The smallest absolute Gasteiger partial charge is 0.372 e. The molecule has 0 amide bonds. The number of rotatable bonds is 1. The van der Waals surface area contributed by atoms with Crippen molar-refractivity contribution in [2.24, 2.45) is 0 Å². The van der Waals surface area contributed by atoms with E-state index in [0.717, 1.165) is 0 Å². The van der Waals surface area contributed by atoms with Crippen molar-refractivity contribution in [3.05, 3.63) is 0 Å². The van der Waals surface area contributed by atoms with Crippen molar-refractivity contribution in [3.8, 4) is 0 Å². The van der Waals surface area contributed by atoms with E-state index in [1.807, 2.05) is 5.32 Å². The maximum absolute atomic E-state index is 14.4. The normalized spacial score (nSPS) is 36.4. The third-order valence-corrected chi connectivity index (χ3v) is 3.86. The quantitative estimate of drug-likeness (QED) is 0.720. The average Bonchev–Trinajstić information content (AvgIpc) is 2.45. The fourth-order valence-corrected chi connectivity index (χ4v) is 2.47. The van der Waals surface area contributed by atoms with Crippen LogP contribution in [0.3, 0.4) is 0 Å². The Labute approximate surface area is 120 Å². The molecule has 0 radical (unpaired) electrons. The van der Waals surface area contributed by atoms with E-state index >= 15 is 0 Å². The Kier molecular flexibility index (Phi) is 3.71. The van der Waals surface area contributed by atoms with Crippen LogP contribution in [0.1, 0.15) is 0 Å². The van der Waals surface area contributed by atoms with Crippen LogP contribution in [-0.2, 0) is 4.74 Å². The van der Waals surface area contributed by atoms with Crippen molar-refractivity contribution in [1.29, 1.82) is 0 Å². The first kappa shape index (κ1) is 18.5. The summed E-state index contributed by atoms with van der Waals surface area (Å²) in [6.07, 6.45) is -3.20. The summed E-state index contributed by atoms with van der Waals surface area (Å²) in [7, 11) is 0. The first-order valence-electron chi connectivity index (χ1n) is 6.01. The molecule has 1 saturated carbocycles. The molecule has 1 saturated heterocycles. The Morgan fingerprint density at radius 2 is 1.04 bits per heavy atom. The van der Waals surface area contributed by atoms with Gasteiger partial charge in [0.1, 0.15) is 6.10 Å². The number of alkyl halides is 11. The van der Waals surface area contributed by atoms with Gasteiger partial charge in [-0.3, -0.25) is 0 Å². The van der Waals surface area contributed by atoms with Gasteiger partial charge in [-0.05, 0) is 0 Å². The highest BCUT2D eigenvalue weighted by Crippen LogP contribution is 2.70. The lowest BCUT2D eigenvalue weighted by Gasteiger charge is -2.54. The van der Waals surface area contributed by atoms with Gasteiger partial charge in [-0.25, -0.2) is 4.39 Å². The van der Waals surface area contributed by atoms with Crippen LogP contribution in [-0.4, -0.2) is 61.1 Å². The summed E-state index contributed by atoms with van der Waals surface area (Å²) in [5.74, 6) is -35.0. The van der Waals surface area contributed by atoms with Crippen molar-refractivity contribution >= 4 is 0 Å². The van der Waals surface area contributed by atoms with E-state index < -0.39 is 54.5 Å². The van der Waals surface area contributed by atoms with E-state index in [4.69, 9.17) is 0 Å². The van der Waals surface area contributed by atoms with Gasteiger partial charge < -0.3 is 10.1 Å². The van der Waals surface area contributed by atoms with Gasteiger partial charge in [0, 0.05) is 13.1 Å². The predicted molar refractivity (Wildman–Crippen MR) is 51.2 cm³/mol. The van der Waals surface area contributed by atoms with Crippen molar-refractivity contribution in [2.45, 2.75) is 41.4 Å². The minimum Gasteiger partial charge on any atom is -0.372 e. The second kappa shape index (κ2) is 4.61. The number of morpholine rings is 1. The minimum atomic E-state index is -7.19. The lowest BCUT2D eigenvalue weighted by Crippen LogP contribution is -2.87. The Hall–Kier alpha value is -0.850. The molecule has 0 aromatic carbocycles. The summed E-state index contributed by atoms with van der Waals surface area (Å²) < 4.78 is 152. The first-order chi connectivity index (χ1) is 10.1. The Morgan fingerprint density at radius 3 is 1.39 bits per heavy atom. The Balaban J connectivity index is 2.73. The molecule has 1 aliphatic heterocycles. The van der Waals surface area contributed by atoms with Crippen molar-refractivity contribution in [2.75, 3.05) is 19.7 Å². The molecule has 1 unspecified atom stereocenters. The van der Waals surface area contributed by atoms with Crippen molar-refractivity contribution in [1.82, 2.24) is 5.32 Å². The third-order valence-electron chi connectivity index (χ3n) is 3.86. The molecule has 2 fully saturated rings. The standard InChI is InChI=1S/C10H8F11NO/c11-5(4-3-22-1-2-23-4)6(12,13)8(16,17)10(20,21)9(18,19)7(5,14)15/h4,22H,1-3H2. The van der Waals surface area contributed by atoms with E-state index in [1.54, 1.807) is 0 Å². The summed E-state index contributed by atoms with van der Waals surface area (Å²) in [5.41, 5.74) is -6.07. The lowest BCUT2D eigenvalue weighted by molar-refractivity contribution is -0.494. The number of hydrogen-bond acceptors (Lipinski definition) is 2. The van der Waals surface area contributed by atoms with Gasteiger partial charge in [0.15, 0.2) is 0 Å². The lowest BCUT2D eigenvalue weighted by atomic mass is 9.69. The molecule has 2 aliphatic rings. The summed E-state index contributed by atoms with van der Waals surface area (Å²) in [6.45, 7) is -2.23. The van der Waals surface area contributed by atoms with E-state index in [0.29, 0.717) is 0 Å². The van der Waals surface area contributed by atoms with Crippen LogP contribution >= 0.6 is 0 Å². The molecule has 1 atom stereocenters. The number of ether oxygens (including phenoxy) is 1. The van der Waals surface area contributed by atoms with E-state index in [9.17, 15) is 48.3 Å². The molecule has 0 aromatic heterocycles. The minimum absolute atomic E-state index is 0.202. The van der Waals surface area contributed by atoms with Crippen LogP contribution in [0.2, 0.25) is 0 Å². The van der Waals surface area contributed by atoms with Crippen LogP contribution in [0.15, 0.2) is 0 Å². The topological polar surface area (TPSA) is 21.3 Å². The highest BCUT2D eigenvalue weighted by molar-refractivity contribution is 5.28. The fraction of sp³-hybridized carbons (Fsp3) is 1.00. The Morgan fingerprint density at radius 1 is 0.652 bits per heavy atom. The van der Waals surface area contributed by atoms with Gasteiger partial charge in [0.25, 0.3) is 5.67 Å². The summed E-state index contributed by atoms with van der Waals surface area (Å²) >= 11 is 0. The largest absolute Gasteiger partial charge is 0.384 e. The average molecular weight is 367 g/mol. The maximum atomic E-state index is 14.4. The monoisotopic (exact) mass is 367 g/mol.